The highest BCUT2D eigenvalue weighted by Gasteiger charge is 2.18. The number of hydrogen-bond donors (Lipinski definition) is 1. The van der Waals surface area contributed by atoms with Crippen LogP contribution in [0.25, 0.3) is 0 Å². The number of esters is 1. The molecule has 1 amide bonds. The number of amides is 1. The fourth-order valence-electron chi connectivity index (χ4n) is 1.55. The minimum Gasteiger partial charge on any atom is -0.465 e. The van der Waals surface area contributed by atoms with Crippen molar-refractivity contribution in [1.82, 2.24) is 0 Å². The second kappa shape index (κ2) is 5.98. The van der Waals surface area contributed by atoms with E-state index in [1.54, 1.807) is 0 Å². The summed E-state index contributed by atoms with van der Waals surface area (Å²) in [4.78, 5) is 23.6. The van der Waals surface area contributed by atoms with Gasteiger partial charge in [-0.25, -0.2) is 4.79 Å². The van der Waals surface area contributed by atoms with Gasteiger partial charge in [-0.1, -0.05) is 11.6 Å². The van der Waals surface area contributed by atoms with Gasteiger partial charge in [0.05, 0.1) is 30.2 Å². The van der Waals surface area contributed by atoms with E-state index in [0.717, 1.165) is 0 Å². The van der Waals surface area contributed by atoms with Crippen molar-refractivity contribution in [3.8, 4) is 0 Å². The largest absolute Gasteiger partial charge is 0.465 e. The van der Waals surface area contributed by atoms with Crippen molar-refractivity contribution in [3.63, 3.8) is 0 Å². The number of carbonyl (C=O) groups is 2. The van der Waals surface area contributed by atoms with Gasteiger partial charge < -0.3 is 14.5 Å². The summed E-state index contributed by atoms with van der Waals surface area (Å²) in [5.74, 6) is -1.11. The number of carbonyl (C=O) groups excluding carboxylic acids is 2. The molecule has 5 nitrogen and oxygen atoms in total. The molecule has 0 aliphatic carbocycles. The first-order valence-electron chi connectivity index (χ1n) is 5.45. The monoisotopic (exact) mass is 313 g/mol. The summed E-state index contributed by atoms with van der Waals surface area (Å²) < 4.78 is 9.47. The molecule has 0 atom stereocenters. The fraction of sp³-hybridized carbons (Fsp3) is 0.0769. The van der Waals surface area contributed by atoms with Gasteiger partial charge in [-0.3, -0.25) is 4.79 Å². The number of furan rings is 1. The number of hydrogen-bond acceptors (Lipinski definition) is 4. The summed E-state index contributed by atoms with van der Waals surface area (Å²) in [5, 5.41) is 2.87. The number of methoxy groups -OCH3 is 1. The first-order valence-corrected chi connectivity index (χ1v) is 6.20. The average molecular weight is 314 g/mol. The topological polar surface area (TPSA) is 68.5 Å². The highest BCUT2D eigenvalue weighted by atomic mass is 35.5. The van der Waals surface area contributed by atoms with Gasteiger partial charge in [0.25, 0.3) is 5.91 Å². The molecule has 0 spiro atoms. The maximum Gasteiger partial charge on any atom is 0.339 e. The normalized spacial score (nSPS) is 10.2. The second-order valence-electron chi connectivity index (χ2n) is 3.74. The van der Waals surface area contributed by atoms with E-state index in [0.29, 0.717) is 5.02 Å². The Balaban J connectivity index is 2.33. The third-order valence-electron chi connectivity index (χ3n) is 2.50. The Bertz CT molecular complexity index is 666. The third-order valence-corrected chi connectivity index (χ3v) is 3.03. The Morgan fingerprint density at radius 2 is 1.95 bits per heavy atom. The van der Waals surface area contributed by atoms with Crippen LogP contribution in [0.5, 0.6) is 0 Å². The summed E-state index contributed by atoms with van der Waals surface area (Å²) in [5.41, 5.74) is 0.568. The van der Waals surface area contributed by atoms with Crippen LogP contribution >= 0.6 is 23.2 Å². The molecule has 20 heavy (non-hydrogen) atoms. The Labute approximate surface area is 124 Å². The van der Waals surface area contributed by atoms with Crippen LogP contribution < -0.4 is 5.32 Å². The van der Waals surface area contributed by atoms with Crippen LogP contribution in [-0.4, -0.2) is 19.0 Å². The van der Waals surface area contributed by atoms with Crippen molar-refractivity contribution in [2.45, 2.75) is 0 Å². The molecule has 0 radical (unpaired) electrons. The Kier molecular flexibility index (Phi) is 4.32. The van der Waals surface area contributed by atoms with E-state index in [-0.39, 0.29) is 22.0 Å². The molecule has 1 heterocycles. The molecule has 0 bridgehead atoms. The van der Waals surface area contributed by atoms with Crippen molar-refractivity contribution in [2.24, 2.45) is 0 Å². The molecule has 2 rings (SSSR count). The van der Waals surface area contributed by atoms with Gasteiger partial charge in [0.1, 0.15) is 0 Å². The quantitative estimate of drug-likeness (QED) is 0.879. The van der Waals surface area contributed by atoms with Gasteiger partial charge in [-0.2, -0.15) is 0 Å². The molecule has 0 aliphatic rings. The van der Waals surface area contributed by atoms with Crippen molar-refractivity contribution in [1.29, 1.82) is 0 Å². The van der Waals surface area contributed by atoms with Crippen molar-refractivity contribution in [3.05, 3.63) is 51.9 Å². The standard InChI is InChI=1S/C13H9Cl2NO4/c1-19-13(18)8-3-2-7(14)6-10(8)16-12(17)9-4-5-20-11(9)15/h2-6H,1H3,(H,16,17). The molecule has 1 N–H and O–H groups in total. The highest BCUT2D eigenvalue weighted by Crippen LogP contribution is 2.24. The molecule has 0 aliphatic heterocycles. The van der Waals surface area contributed by atoms with Crippen LogP contribution in [0.15, 0.2) is 34.9 Å². The van der Waals surface area contributed by atoms with E-state index in [1.165, 1.54) is 37.6 Å². The number of rotatable bonds is 3. The van der Waals surface area contributed by atoms with Gasteiger partial charge in [0.15, 0.2) is 0 Å². The van der Waals surface area contributed by atoms with Crippen LogP contribution in [0.3, 0.4) is 0 Å². The highest BCUT2D eigenvalue weighted by molar-refractivity contribution is 6.33. The van der Waals surface area contributed by atoms with E-state index in [1.807, 2.05) is 0 Å². The lowest BCUT2D eigenvalue weighted by molar-refractivity contribution is 0.0602. The molecular formula is C13H9Cl2NO4. The first kappa shape index (κ1) is 14.4. The van der Waals surface area contributed by atoms with Crippen LogP contribution in [-0.2, 0) is 4.74 Å². The smallest absolute Gasteiger partial charge is 0.339 e. The van der Waals surface area contributed by atoms with Crippen molar-refractivity contribution in [2.75, 3.05) is 12.4 Å². The second-order valence-corrected chi connectivity index (χ2v) is 4.52. The molecule has 0 saturated heterocycles. The molecule has 2 aromatic rings. The lowest BCUT2D eigenvalue weighted by Gasteiger charge is -2.09. The van der Waals surface area contributed by atoms with Gasteiger partial charge in [0, 0.05) is 5.02 Å². The molecule has 0 saturated carbocycles. The van der Waals surface area contributed by atoms with Crippen LogP contribution in [0.4, 0.5) is 5.69 Å². The van der Waals surface area contributed by atoms with Gasteiger partial charge in [-0.05, 0) is 35.9 Å². The summed E-state index contributed by atoms with van der Waals surface area (Å²) in [6.45, 7) is 0. The van der Waals surface area contributed by atoms with Crippen molar-refractivity contribution < 1.29 is 18.7 Å². The van der Waals surface area contributed by atoms with E-state index in [4.69, 9.17) is 27.6 Å². The Morgan fingerprint density at radius 1 is 1.20 bits per heavy atom. The van der Waals surface area contributed by atoms with E-state index >= 15 is 0 Å². The molecular weight excluding hydrogens is 305 g/mol. The fourth-order valence-corrected chi connectivity index (χ4v) is 1.93. The van der Waals surface area contributed by atoms with Crippen molar-refractivity contribution >= 4 is 40.8 Å². The summed E-state index contributed by atoms with van der Waals surface area (Å²) in [6.07, 6.45) is 1.29. The zero-order valence-electron chi connectivity index (χ0n) is 10.3. The number of ether oxygens (including phenoxy) is 1. The third kappa shape index (κ3) is 2.95. The number of anilines is 1. The van der Waals surface area contributed by atoms with Crippen LogP contribution in [0.2, 0.25) is 10.2 Å². The summed E-state index contributed by atoms with van der Waals surface area (Å²) in [7, 11) is 1.25. The zero-order valence-corrected chi connectivity index (χ0v) is 11.8. The molecule has 7 heteroatoms. The maximum absolute atomic E-state index is 12.0. The van der Waals surface area contributed by atoms with Gasteiger partial charge in [-0.15, -0.1) is 0 Å². The molecule has 0 fully saturated rings. The van der Waals surface area contributed by atoms with Gasteiger partial charge >= 0.3 is 5.97 Å². The minimum absolute atomic E-state index is 0.0378. The van der Waals surface area contributed by atoms with Crippen LogP contribution in [0, 0.1) is 0 Å². The average Bonchev–Trinajstić information content (AvgIpc) is 2.84. The first-order chi connectivity index (χ1) is 9.52. The molecule has 1 aromatic heterocycles. The summed E-state index contributed by atoms with van der Waals surface area (Å²) >= 11 is 11.6. The Hall–Kier alpha value is -1.98. The minimum atomic E-state index is -0.588. The number of halogens is 2. The predicted molar refractivity (Wildman–Crippen MR) is 74.5 cm³/mol. The van der Waals surface area contributed by atoms with E-state index in [9.17, 15) is 9.59 Å². The molecule has 0 unspecified atom stereocenters. The molecule has 1 aromatic carbocycles. The summed E-state index contributed by atoms with van der Waals surface area (Å²) in [6, 6.07) is 5.84. The molecule has 104 valence electrons. The number of nitrogens with one attached hydrogen (secondary N) is 1. The van der Waals surface area contributed by atoms with Gasteiger partial charge in [0.2, 0.25) is 5.22 Å². The van der Waals surface area contributed by atoms with Crippen LogP contribution in [0.1, 0.15) is 20.7 Å². The Morgan fingerprint density at radius 3 is 2.55 bits per heavy atom. The SMILES string of the molecule is COC(=O)c1ccc(Cl)cc1NC(=O)c1ccoc1Cl. The lowest BCUT2D eigenvalue weighted by Crippen LogP contribution is -2.15. The number of benzene rings is 1. The van der Waals surface area contributed by atoms with E-state index in [2.05, 4.69) is 10.1 Å². The maximum atomic E-state index is 12.0. The predicted octanol–water partition coefficient (Wildman–Crippen LogP) is 3.63. The van der Waals surface area contributed by atoms with E-state index < -0.39 is 11.9 Å². The zero-order chi connectivity index (χ0) is 14.7. The lowest BCUT2D eigenvalue weighted by atomic mass is 10.1.